The summed E-state index contributed by atoms with van der Waals surface area (Å²) in [5, 5.41) is 6.01. The maximum absolute atomic E-state index is 13.4. The van der Waals surface area contributed by atoms with E-state index in [1.807, 2.05) is 10.8 Å². The fraction of sp³-hybridized carbons (Fsp3) is 0.258. The molecule has 9 heteroatoms. The summed E-state index contributed by atoms with van der Waals surface area (Å²) in [4.78, 5) is 35.4. The second kappa shape index (κ2) is 13.3. The minimum absolute atomic E-state index is 0.0623. The molecule has 1 aliphatic heterocycles. The summed E-state index contributed by atoms with van der Waals surface area (Å²) in [6.07, 6.45) is 6.62. The number of hydrogen-bond acceptors (Lipinski definition) is 8. The quantitative estimate of drug-likeness (QED) is 0.272. The number of pyridine rings is 1. The number of allylic oxidation sites excluding steroid dienone is 1. The topological polar surface area (TPSA) is 122 Å². The van der Waals surface area contributed by atoms with Crippen LogP contribution in [0.3, 0.4) is 0 Å². The normalized spacial score (nSPS) is 14.1. The van der Waals surface area contributed by atoms with Crippen LogP contribution in [0.5, 0.6) is 5.75 Å². The molecule has 0 saturated carbocycles. The first-order valence-corrected chi connectivity index (χ1v) is 13.1. The van der Waals surface area contributed by atoms with Crippen LogP contribution in [0.1, 0.15) is 45.8 Å². The van der Waals surface area contributed by atoms with E-state index in [1.54, 1.807) is 63.0 Å². The van der Waals surface area contributed by atoms with Crippen molar-refractivity contribution in [3.05, 3.63) is 89.2 Å². The van der Waals surface area contributed by atoms with Crippen molar-refractivity contribution in [1.82, 2.24) is 9.88 Å². The van der Waals surface area contributed by atoms with E-state index < -0.39 is 0 Å². The summed E-state index contributed by atoms with van der Waals surface area (Å²) in [5.74, 6) is 3.43. The van der Waals surface area contributed by atoms with Crippen molar-refractivity contribution in [3.63, 3.8) is 0 Å². The van der Waals surface area contributed by atoms with Crippen molar-refractivity contribution in [2.45, 2.75) is 18.8 Å². The number of likely N-dealkylation sites (tertiary alicyclic amines) is 1. The van der Waals surface area contributed by atoms with Crippen LogP contribution in [-0.2, 0) is 4.79 Å². The van der Waals surface area contributed by atoms with Gasteiger partial charge in [0, 0.05) is 62.5 Å². The van der Waals surface area contributed by atoms with Gasteiger partial charge in [0.15, 0.2) is 5.94 Å². The summed E-state index contributed by atoms with van der Waals surface area (Å²) in [6.45, 7) is 1.30. The second-order valence-corrected chi connectivity index (χ2v) is 9.40. The highest BCUT2D eigenvalue weighted by Crippen LogP contribution is 2.32. The predicted molar refractivity (Wildman–Crippen MR) is 160 cm³/mol. The summed E-state index contributed by atoms with van der Waals surface area (Å²) in [5.41, 5.74) is 10.7. The summed E-state index contributed by atoms with van der Waals surface area (Å²) < 4.78 is 5.48. The zero-order valence-electron chi connectivity index (χ0n) is 23.0. The molecule has 40 heavy (non-hydrogen) atoms. The van der Waals surface area contributed by atoms with E-state index in [9.17, 15) is 9.59 Å². The van der Waals surface area contributed by atoms with Gasteiger partial charge in [0.2, 0.25) is 0 Å². The number of carbonyl (C=O) groups excluding carboxylic acids is 2. The minimum atomic E-state index is -0.0623. The number of rotatable bonds is 9. The van der Waals surface area contributed by atoms with E-state index in [0.29, 0.717) is 47.4 Å². The number of hydrogen-bond donors (Lipinski definition) is 3. The summed E-state index contributed by atoms with van der Waals surface area (Å²) >= 11 is 0. The van der Waals surface area contributed by atoms with Gasteiger partial charge in [-0.05, 0) is 60.2 Å². The molecule has 0 bridgehead atoms. The van der Waals surface area contributed by atoms with E-state index in [2.05, 4.69) is 44.9 Å². The number of ether oxygens (including phenoxy) is 1. The van der Waals surface area contributed by atoms with Crippen LogP contribution in [0.2, 0.25) is 0 Å². The number of aromatic nitrogens is 1. The SMILES string of the molecule is CN=CC(=CN)c1ccc(C2CCN(C(=O)c3ccc(OC)c(NC(=C=O)c4ccc(NC)nc4)c3)CC2)cc1. The number of benzene rings is 2. The number of anilines is 2. The number of amides is 1. The zero-order chi connectivity index (χ0) is 28.5. The third-order valence-electron chi connectivity index (χ3n) is 7.06. The Morgan fingerprint density at radius 1 is 1.10 bits per heavy atom. The molecule has 1 saturated heterocycles. The molecule has 0 atom stereocenters. The Labute approximate surface area is 234 Å². The second-order valence-electron chi connectivity index (χ2n) is 9.40. The molecular weight excluding hydrogens is 504 g/mol. The van der Waals surface area contributed by atoms with Crippen LogP contribution in [0.25, 0.3) is 11.3 Å². The molecule has 1 aliphatic rings. The predicted octanol–water partition coefficient (Wildman–Crippen LogP) is 4.44. The number of piperidine rings is 1. The monoisotopic (exact) mass is 538 g/mol. The molecular formula is C31H34N6O3. The number of carbonyl (C=O) groups is 1. The fourth-order valence-corrected chi connectivity index (χ4v) is 4.82. The third-order valence-corrected chi connectivity index (χ3v) is 7.06. The van der Waals surface area contributed by atoms with Crippen LogP contribution in [0, 0.1) is 0 Å². The van der Waals surface area contributed by atoms with Gasteiger partial charge in [-0.1, -0.05) is 24.3 Å². The number of nitrogens with zero attached hydrogens (tertiary/aromatic N) is 3. The van der Waals surface area contributed by atoms with Crippen molar-refractivity contribution >= 4 is 40.8 Å². The number of nitrogens with one attached hydrogen (secondary N) is 2. The van der Waals surface area contributed by atoms with Crippen molar-refractivity contribution in [2.24, 2.45) is 10.7 Å². The number of nitrogens with two attached hydrogens (primary N) is 1. The van der Waals surface area contributed by atoms with E-state index in [0.717, 1.165) is 24.0 Å². The molecule has 4 N–H and O–H groups in total. The molecule has 0 unspecified atom stereocenters. The Kier molecular flexibility index (Phi) is 9.33. The zero-order valence-corrected chi connectivity index (χ0v) is 23.0. The molecule has 3 aromatic rings. The lowest BCUT2D eigenvalue weighted by atomic mass is 9.88. The molecule has 1 fully saturated rings. The lowest BCUT2D eigenvalue weighted by Gasteiger charge is -2.32. The molecule has 1 aromatic heterocycles. The highest BCUT2D eigenvalue weighted by molar-refractivity contribution is 6.09. The van der Waals surface area contributed by atoms with Crippen LogP contribution < -0.4 is 21.1 Å². The van der Waals surface area contributed by atoms with Gasteiger partial charge in [0.05, 0.1) is 12.8 Å². The fourth-order valence-electron chi connectivity index (χ4n) is 4.82. The lowest BCUT2D eigenvalue weighted by Crippen LogP contribution is -2.37. The molecule has 0 radical (unpaired) electrons. The highest BCUT2D eigenvalue weighted by atomic mass is 16.5. The van der Waals surface area contributed by atoms with E-state index >= 15 is 0 Å². The lowest BCUT2D eigenvalue weighted by molar-refractivity contribution is 0.0713. The molecule has 2 heterocycles. The van der Waals surface area contributed by atoms with Gasteiger partial charge < -0.3 is 26.0 Å². The largest absolute Gasteiger partial charge is 0.495 e. The van der Waals surface area contributed by atoms with Gasteiger partial charge in [-0.3, -0.25) is 9.79 Å². The summed E-state index contributed by atoms with van der Waals surface area (Å²) in [7, 11) is 5.03. The number of aliphatic imine (C=N–C) groups is 1. The molecule has 2 aromatic carbocycles. The van der Waals surface area contributed by atoms with Gasteiger partial charge in [-0.15, -0.1) is 0 Å². The Morgan fingerprint density at radius 2 is 1.80 bits per heavy atom. The van der Waals surface area contributed by atoms with Crippen LogP contribution in [-0.4, -0.2) is 62.2 Å². The van der Waals surface area contributed by atoms with Gasteiger partial charge >= 0.3 is 0 Å². The van der Waals surface area contributed by atoms with Gasteiger partial charge in [-0.25, -0.2) is 9.78 Å². The average Bonchev–Trinajstić information content (AvgIpc) is 3.02. The molecule has 4 rings (SSSR count). The van der Waals surface area contributed by atoms with Crippen LogP contribution in [0.4, 0.5) is 11.5 Å². The molecule has 0 spiro atoms. The molecule has 1 amide bonds. The van der Waals surface area contributed by atoms with Crippen molar-refractivity contribution in [2.75, 3.05) is 44.9 Å². The number of methoxy groups -OCH3 is 1. The van der Waals surface area contributed by atoms with Crippen molar-refractivity contribution < 1.29 is 14.3 Å². The maximum atomic E-state index is 13.4. The minimum Gasteiger partial charge on any atom is -0.495 e. The van der Waals surface area contributed by atoms with E-state index in [1.165, 1.54) is 12.7 Å². The Hall–Kier alpha value is -4.88. The van der Waals surface area contributed by atoms with Gasteiger partial charge in [-0.2, -0.15) is 0 Å². The van der Waals surface area contributed by atoms with Crippen LogP contribution in [0.15, 0.2) is 72.0 Å². The Morgan fingerprint density at radius 3 is 2.38 bits per heavy atom. The maximum Gasteiger partial charge on any atom is 0.253 e. The Bertz CT molecular complexity index is 1430. The smallest absolute Gasteiger partial charge is 0.253 e. The standard InChI is InChI=1S/C31H34N6O3/c1-33-18-26(17-32)22-6-4-21(5-7-22)23-12-14-37(15-13-23)31(39)24-8-10-29(40-3)27(16-24)36-28(20-38)25-9-11-30(34-2)35-19-25/h4-11,16-19,23,36H,12-15,32H2,1-3H3,(H,34,35). The molecule has 0 aliphatic carbocycles. The molecule has 206 valence electrons. The van der Waals surface area contributed by atoms with Crippen molar-refractivity contribution in [3.8, 4) is 5.75 Å². The summed E-state index contributed by atoms with van der Waals surface area (Å²) in [6, 6.07) is 17.1. The first-order valence-electron chi connectivity index (χ1n) is 13.1. The highest BCUT2D eigenvalue weighted by Gasteiger charge is 2.25. The van der Waals surface area contributed by atoms with Gasteiger partial charge in [0.1, 0.15) is 17.3 Å². The van der Waals surface area contributed by atoms with Crippen LogP contribution >= 0.6 is 0 Å². The Balaban J connectivity index is 1.44. The van der Waals surface area contributed by atoms with Gasteiger partial charge in [0.25, 0.3) is 5.91 Å². The third kappa shape index (κ3) is 6.39. The van der Waals surface area contributed by atoms with Crippen molar-refractivity contribution in [1.29, 1.82) is 0 Å². The van der Waals surface area contributed by atoms with E-state index in [4.69, 9.17) is 10.5 Å². The molecule has 9 nitrogen and oxygen atoms in total. The van der Waals surface area contributed by atoms with E-state index in [-0.39, 0.29) is 11.6 Å². The first-order chi connectivity index (χ1) is 19.5. The average molecular weight is 539 g/mol. The first kappa shape index (κ1) is 28.1.